The van der Waals surface area contributed by atoms with E-state index in [1.807, 2.05) is 0 Å². The summed E-state index contributed by atoms with van der Waals surface area (Å²) in [6, 6.07) is 2.16. The number of nitrogens with zero attached hydrogens (tertiary/aromatic N) is 1. The van der Waals surface area contributed by atoms with Gasteiger partial charge in [-0.05, 0) is 32.6 Å². The van der Waals surface area contributed by atoms with Crippen molar-refractivity contribution in [3.8, 4) is 0 Å². The molecule has 1 aliphatic heterocycles. The summed E-state index contributed by atoms with van der Waals surface area (Å²) in [5.41, 5.74) is 0. The van der Waals surface area contributed by atoms with Crippen LogP contribution in [0.25, 0.3) is 0 Å². The van der Waals surface area contributed by atoms with Crippen molar-refractivity contribution in [1.82, 2.24) is 10.2 Å². The van der Waals surface area contributed by atoms with Crippen LogP contribution in [-0.2, 0) is 4.74 Å². The number of ether oxygens (including phenoxy) is 1. The Bertz CT molecular complexity index is 276. The van der Waals surface area contributed by atoms with E-state index in [0.29, 0.717) is 18.2 Å². The zero-order valence-corrected chi connectivity index (χ0v) is 12.4. The van der Waals surface area contributed by atoms with Gasteiger partial charge in [-0.2, -0.15) is 0 Å². The van der Waals surface area contributed by atoms with Crippen LogP contribution < -0.4 is 5.32 Å². The molecule has 0 aromatic rings. The zero-order chi connectivity index (χ0) is 13.1. The van der Waals surface area contributed by atoms with Gasteiger partial charge in [0.15, 0.2) is 0 Å². The van der Waals surface area contributed by atoms with Crippen molar-refractivity contribution in [3.63, 3.8) is 0 Å². The molecular weight excluding hydrogens is 236 g/mol. The fraction of sp³-hybridized carbons (Fsp3) is 1.00. The topological polar surface area (TPSA) is 24.5 Å². The zero-order valence-electron chi connectivity index (χ0n) is 12.4. The Morgan fingerprint density at radius 2 is 1.84 bits per heavy atom. The van der Waals surface area contributed by atoms with E-state index in [1.54, 1.807) is 0 Å². The molecule has 1 saturated heterocycles. The maximum absolute atomic E-state index is 5.98. The minimum absolute atomic E-state index is 0.524. The number of rotatable bonds is 4. The van der Waals surface area contributed by atoms with E-state index in [9.17, 15) is 0 Å². The van der Waals surface area contributed by atoms with Crippen LogP contribution in [0.5, 0.6) is 0 Å². The van der Waals surface area contributed by atoms with Gasteiger partial charge in [0.1, 0.15) is 0 Å². The van der Waals surface area contributed by atoms with E-state index in [0.717, 1.165) is 25.7 Å². The van der Waals surface area contributed by atoms with Crippen molar-refractivity contribution in [2.75, 3.05) is 19.7 Å². The van der Waals surface area contributed by atoms with E-state index in [-0.39, 0.29) is 0 Å². The smallest absolute Gasteiger partial charge is 0.0731 e. The number of hydrogen-bond donors (Lipinski definition) is 1. The Hall–Kier alpha value is -0.120. The van der Waals surface area contributed by atoms with Gasteiger partial charge in [0.2, 0.25) is 0 Å². The Labute approximate surface area is 118 Å². The molecule has 3 atom stereocenters. The molecule has 1 N–H and O–H groups in total. The summed E-state index contributed by atoms with van der Waals surface area (Å²) in [6.07, 6.45) is 11.5. The van der Waals surface area contributed by atoms with Crippen molar-refractivity contribution in [1.29, 1.82) is 0 Å². The van der Waals surface area contributed by atoms with Crippen LogP contribution in [0.1, 0.15) is 58.3 Å². The van der Waals surface area contributed by atoms with Crippen LogP contribution in [0.3, 0.4) is 0 Å². The molecule has 3 aliphatic rings. The molecule has 3 nitrogen and oxygen atoms in total. The largest absolute Gasteiger partial charge is 0.375 e. The van der Waals surface area contributed by atoms with E-state index < -0.39 is 0 Å². The Morgan fingerprint density at radius 3 is 2.68 bits per heavy atom. The van der Waals surface area contributed by atoms with Gasteiger partial charge in [0.25, 0.3) is 0 Å². The molecule has 110 valence electrons. The van der Waals surface area contributed by atoms with Gasteiger partial charge in [0, 0.05) is 31.2 Å². The van der Waals surface area contributed by atoms with Crippen LogP contribution in [0.15, 0.2) is 0 Å². The average molecular weight is 266 g/mol. The summed E-state index contributed by atoms with van der Waals surface area (Å²) in [7, 11) is 0. The summed E-state index contributed by atoms with van der Waals surface area (Å²) >= 11 is 0. The van der Waals surface area contributed by atoms with Crippen molar-refractivity contribution in [2.24, 2.45) is 0 Å². The van der Waals surface area contributed by atoms with Gasteiger partial charge >= 0.3 is 0 Å². The molecule has 3 unspecified atom stereocenters. The minimum atomic E-state index is 0.524. The second-order valence-electron chi connectivity index (χ2n) is 6.74. The quantitative estimate of drug-likeness (QED) is 0.846. The summed E-state index contributed by atoms with van der Waals surface area (Å²) in [6.45, 7) is 5.64. The second kappa shape index (κ2) is 6.55. The number of nitrogens with one attached hydrogen (secondary N) is 1. The third-order valence-electron chi connectivity index (χ3n) is 5.40. The molecule has 3 fully saturated rings. The molecule has 1 heterocycles. The highest BCUT2D eigenvalue weighted by molar-refractivity contribution is 4.90. The minimum Gasteiger partial charge on any atom is -0.375 e. The lowest BCUT2D eigenvalue weighted by atomic mass is 9.89. The van der Waals surface area contributed by atoms with Crippen LogP contribution in [-0.4, -0.2) is 48.8 Å². The second-order valence-corrected chi connectivity index (χ2v) is 6.74. The lowest BCUT2D eigenvalue weighted by Gasteiger charge is -2.46. The first-order chi connectivity index (χ1) is 9.34. The molecule has 0 bridgehead atoms. The first-order valence-electron chi connectivity index (χ1n) is 8.45. The number of fused-ring (bicyclic) bond motifs is 1. The van der Waals surface area contributed by atoms with E-state index in [2.05, 4.69) is 17.1 Å². The van der Waals surface area contributed by atoms with Crippen molar-refractivity contribution in [2.45, 2.75) is 82.5 Å². The summed E-state index contributed by atoms with van der Waals surface area (Å²) in [5.74, 6) is 0. The number of morpholine rings is 1. The molecule has 0 spiro atoms. The Morgan fingerprint density at radius 1 is 1.11 bits per heavy atom. The highest BCUT2D eigenvalue weighted by Gasteiger charge is 2.36. The molecule has 2 saturated carbocycles. The van der Waals surface area contributed by atoms with Crippen molar-refractivity contribution >= 4 is 0 Å². The average Bonchev–Trinajstić information content (AvgIpc) is 2.97. The monoisotopic (exact) mass is 266 g/mol. The normalized spacial score (nSPS) is 35.2. The van der Waals surface area contributed by atoms with Crippen LogP contribution in [0, 0.1) is 0 Å². The van der Waals surface area contributed by atoms with Gasteiger partial charge in [0.05, 0.1) is 12.7 Å². The van der Waals surface area contributed by atoms with Gasteiger partial charge < -0.3 is 10.1 Å². The number of hydrogen-bond acceptors (Lipinski definition) is 3. The maximum Gasteiger partial charge on any atom is 0.0731 e. The van der Waals surface area contributed by atoms with E-state index in [1.165, 1.54) is 51.4 Å². The lowest BCUT2D eigenvalue weighted by Crippen LogP contribution is -2.57. The van der Waals surface area contributed by atoms with Crippen LogP contribution >= 0.6 is 0 Å². The first kappa shape index (κ1) is 13.8. The molecule has 0 radical (unpaired) electrons. The van der Waals surface area contributed by atoms with Crippen molar-refractivity contribution in [3.05, 3.63) is 0 Å². The van der Waals surface area contributed by atoms with Crippen LogP contribution in [0.2, 0.25) is 0 Å². The molecule has 0 aromatic heterocycles. The summed E-state index contributed by atoms with van der Waals surface area (Å²) in [4.78, 5) is 2.73. The summed E-state index contributed by atoms with van der Waals surface area (Å²) < 4.78 is 5.98. The molecule has 3 heteroatoms. The maximum atomic E-state index is 5.98. The van der Waals surface area contributed by atoms with E-state index in [4.69, 9.17) is 4.74 Å². The standard InChI is InChI=1S/C16H30N2O/c1-13(12-17-14-6-2-3-7-14)18-10-11-19-16-9-5-4-8-15(16)18/h13-17H,2-12H2,1H3. The molecule has 19 heavy (non-hydrogen) atoms. The molecule has 0 aromatic carbocycles. The Kier molecular flexibility index (Phi) is 4.78. The van der Waals surface area contributed by atoms with Gasteiger partial charge in [-0.25, -0.2) is 0 Å². The highest BCUT2D eigenvalue weighted by atomic mass is 16.5. The van der Waals surface area contributed by atoms with E-state index >= 15 is 0 Å². The fourth-order valence-corrected chi connectivity index (χ4v) is 4.26. The summed E-state index contributed by atoms with van der Waals surface area (Å²) in [5, 5.41) is 3.79. The van der Waals surface area contributed by atoms with Gasteiger partial charge in [-0.1, -0.05) is 25.7 Å². The fourth-order valence-electron chi connectivity index (χ4n) is 4.26. The third kappa shape index (κ3) is 3.32. The molecule has 0 amide bonds. The highest BCUT2D eigenvalue weighted by Crippen LogP contribution is 2.29. The molecule has 3 rings (SSSR count). The van der Waals surface area contributed by atoms with Crippen LogP contribution in [0.4, 0.5) is 0 Å². The van der Waals surface area contributed by atoms with Gasteiger partial charge in [-0.3, -0.25) is 4.90 Å². The predicted molar refractivity (Wildman–Crippen MR) is 78.4 cm³/mol. The Balaban J connectivity index is 1.50. The van der Waals surface area contributed by atoms with Gasteiger partial charge in [-0.15, -0.1) is 0 Å². The lowest BCUT2D eigenvalue weighted by molar-refractivity contribution is -0.0999. The SMILES string of the molecule is CC(CNC1CCCC1)N1CCOC2CCCCC21. The first-order valence-corrected chi connectivity index (χ1v) is 8.45. The van der Waals surface area contributed by atoms with Crippen molar-refractivity contribution < 1.29 is 4.74 Å². The third-order valence-corrected chi connectivity index (χ3v) is 5.40. The molecule has 2 aliphatic carbocycles. The molecular formula is C16H30N2O. The predicted octanol–water partition coefficient (Wildman–Crippen LogP) is 2.55.